The minimum Gasteiger partial charge on any atom is -0.461 e. The third kappa shape index (κ3) is 4.48. The van der Waals surface area contributed by atoms with Crippen LogP contribution >= 0.6 is 23.4 Å². The molecule has 0 aliphatic rings. The van der Waals surface area contributed by atoms with E-state index in [0.717, 1.165) is 5.69 Å². The molecule has 1 atom stereocenters. The van der Waals surface area contributed by atoms with E-state index in [1.807, 2.05) is 12.1 Å². The number of aryl methyl sites for hydroxylation is 1. The first kappa shape index (κ1) is 21.1. The molecular weight excluding hydrogens is 444 g/mol. The third-order valence-electron chi connectivity index (χ3n) is 4.48. The predicted molar refractivity (Wildman–Crippen MR) is 114 cm³/mol. The molecule has 0 saturated heterocycles. The highest BCUT2D eigenvalue weighted by Gasteiger charge is 2.23. The first-order valence-corrected chi connectivity index (χ1v) is 10.5. The second-order valence-corrected chi connectivity index (χ2v) is 8.02. The maximum absolute atomic E-state index is 11.2. The fourth-order valence-electron chi connectivity index (χ4n) is 3.01. The Morgan fingerprint density at radius 1 is 1.29 bits per heavy atom. The van der Waals surface area contributed by atoms with Gasteiger partial charge in [-0.05, 0) is 41.3 Å². The Morgan fingerprint density at radius 2 is 2.06 bits per heavy atom. The van der Waals surface area contributed by atoms with Crippen molar-refractivity contribution in [1.29, 1.82) is 0 Å². The quantitative estimate of drug-likeness (QED) is 0.239. The van der Waals surface area contributed by atoms with Gasteiger partial charge in [0.15, 0.2) is 16.7 Å². The summed E-state index contributed by atoms with van der Waals surface area (Å²) in [6.45, 7) is 1.69. The average Bonchev–Trinajstić information content (AvgIpc) is 3.47. The Balaban J connectivity index is 1.57. The number of aliphatic hydroxyl groups excluding tert-OH is 1. The Bertz CT molecular complexity index is 1190. The van der Waals surface area contributed by atoms with E-state index in [0.29, 0.717) is 27.6 Å². The van der Waals surface area contributed by atoms with Crippen molar-refractivity contribution < 1.29 is 14.4 Å². The summed E-state index contributed by atoms with van der Waals surface area (Å²) in [5.74, 6) is 1.58. The molecule has 10 nitrogen and oxygen atoms in total. The first-order valence-electron chi connectivity index (χ1n) is 9.16. The molecule has 160 valence electrons. The van der Waals surface area contributed by atoms with Crippen LogP contribution in [0.25, 0.3) is 17.3 Å². The summed E-state index contributed by atoms with van der Waals surface area (Å²) in [6, 6.07) is 10.7. The molecule has 4 aromatic rings. The molecule has 12 heteroatoms. The maximum atomic E-state index is 11.2. The van der Waals surface area contributed by atoms with Crippen molar-refractivity contribution in [2.24, 2.45) is 0 Å². The zero-order valence-corrected chi connectivity index (χ0v) is 17.8. The number of hydrogen-bond acceptors (Lipinski definition) is 8. The van der Waals surface area contributed by atoms with Crippen LogP contribution in [0.15, 0.2) is 58.4 Å². The monoisotopic (exact) mass is 460 g/mol. The number of benzene rings is 1. The van der Waals surface area contributed by atoms with Gasteiger partial charge >= 0.3 is 5.82 Å². The molecule has 31 heavy (non-hydrogen) atoms. The van der Waals surface area contributed by atoms with Crippen LogP contribution in [0.1, 0.15) is 5.82 Å². The number of thioether (sulfide) groups is 1. The van der Waals surface area contributed by atoms with Gasteiger partial charge in [-0.3, -0.25) is 4.57 Å². The van der Waals surface area contributed by atoms with Crippen LogP contribution in [0, 0.1) is 17.0 Å². The molecule has 3 aromatic heterocycles. The second-order valence-electron chi connectivity index (χ2n) is 6.59. The van der Waals surface area contributed by atoms with Crippen LogP contribution in [0.3, 0.4) is 0 Å². The Kier molecular flexibility index (Phi) is 6.07. The van der Waals surface area contributed by atoms with Crippen molar-refractivity contribution in [3.8, 4) is 17.3 Å². The smallest absolute Gasteiger partial charge is 0.342 e. The van der Waals surface area contributed by atoms with E-state index in [2.05, 4.69) is 15.2 Å². The van der Waals surface area contributed by atoms with Gasteiger partial charge in [-0.25, -0.2) is 9.55 Å². The van der Waals surface area contributed by atoms with Gasteiger partial charge in [0.05, 0.1) is 6.26 Å². The lowest BCUT2D eigenvalue weighted by Gasteiger charge is -2.12. The Morgan fingerprint density at radius 3 is 2.74 bits per heavy atom. The number of aromatic nitrogens is 5. The van der Waals surface area contributed by atoms with Gasteiger partial charge < -0.3 is 19.6 Å². The highest BCUT2D eigenvalue weighted by Crippen LogP contribution is 2.29. The first-order chi connectivity index (χ1) is 14.9. The van der Waals surface area contributed by atoms with Gasteiger partial charge in [-0.1, -0.05) is 23.4 Å². The highest BCUT2D eigenvalue weighted by molar-refractivity contribution is 7.99. The van der Waals surface area contributed by atoms with E-state index in [1.54, 1.807) is 42.0 Å². The third-order valence-corrected chi connectivity index (χ3v) is 5.80. The maximum Gasteiger partial charge on any atom is 0.342 e. The fraction of sp³-hybridized carbons (Fsp3) is 0.211. The topological polar surface area (TPSA) is 125 Å². The van der Waals surface area contributed by atoms with Gasteiger partial charge in [-0.2, -0.15) is 0 Å². The predicted octanol–water partition coefficient (Wildman–Crippen LogP) is 3.75. The van der Waals surface area contributed by atoms with E-state index in [4.69, 9.17) is 16.0 Å². The lowest BCUT2D eigenvalue weighted by atomic mass is 10.3. The van der Waals surface area contributed by atoms with Crippen LogP contribution < -0.4 is 0 Å². The summed E-state index contributed by atoms with van der Waals surface area (Å²) in [7, 11) is 0. The average molecular weight is 461 g/mol. The van der Waals surface area contributed by atoms with Gasteiger partial charge in [0, 0.05) is 23.4 Å². The number of rotatable bonds is 8. The van der Waals surface area contributed by atoms with E-state index in [9.17, 15) is 15.2 Å². The van der Waals surface area contributed by atoms with Crippen molar-refractivity contribution in [1.82, 2.24) is 24.3 Å². The number of halogens is 1. The molecule has 3 heterocycles. The fourth-order valence-corrected chi connectivity index (χ4v) is 4.01. The largest absolute Gasteiger partial charge is 0.461 e. The number of nitro groups is 1. The van der Waals surface area contributed by atoms with Crippen LogP contribution in [-0.4, -0.2) is 46.2 Å². The molecular formula is C19H17ClN6O4S. The van der Waals surface area contributed by atoms with Crippen LogP contribution in [0.2, 0.25) is 5.02 Å². The number of hydrogen-bond donors (Lipinski definition) is 1. The molecule has 0 fully saturated rings. The van der Waals surface area contributed by atoms with Crippen molar-refractivity contribution in [2.75, 3.05) is 5.75 Å². The standard InChI is InChI=1S/C19H17ClN6O4S/c1-12-21-9-17(26(28)29)24(12)10-15(27)11-31-19-23-22-18(16-3-2-8-30-16)25(19)14-6-4-13(20)5-7-14/h2-9,15,27H,10-11H2,1H3. The van der Waals surface area contributed by atoms with Crippen molar-refractivity contribution in [2.45, 2.75) is 24.7 Å². The van der Waals surface area contributed by atoms with Gasteiger partial charge in [0.25, 0.3) is 0 Å². The number of nitrogens with zero attached hydrogens (tertiary/aromatic N) is 6. The van der Waals surface area contributed by atoms with E-state index in [-0.39, 0.29) is 18.1 Å². The summed E-state index contributed by atoms with van der Waals surface area (Å²) in [5.41, 5.74) is 0.777. The highest BCUT2D eigenvalue weighted by atomic mass is 35.5. The molecule has 0 amide bonds. The molecule has 1 unspecified atom stereocenters. The van der Waals surface area contributed by atoms with Crippen LogP contribution in [0.5, 0.6) is 0 Å². The lowest BCUT2D eigenvalue weighted by molar-refractivity contribution is -0.392. The molecule has 0 aliphatic carbocycles. The number of furan rings is 1. The second kappa shape index (κ2) is 8.92. The van der Waals surface area contributed by atoms with Gasteiger partial charge in [-0.15, -0.1) is 10.2 Å². The molecule has 0 bridgehead atoms. The summed E-state index contributed by atoms with van der Waals surface area (Å²) >= 11 is 7.29. The van der Waals surface area contributed by atoms with Crippen molar-refractivity contribution >= 4 is 29.2 Å². The minimum absolute atomic E-state index is 0.0370. The normalized spacial score (nSPS) is 12.2. The van der Waals surface area contributed by atoms with E-state index in [1.165, 1.54) is 22.5 Å². The number of imidazole rings is 1. The van der Waals surface area contributed by atoms with Crippen molar-refractivity contribution in [3.63, 3.8) is 0 Å². The molecule has 1 N–H and O–H groups in total. The van der Waals surface area contributed by atoms with Crippen LogP contribution in [-0.2, 0) is 6.54 Å². The Labute approximate surface area is 185 Å². The molecule has 0 saturated carbocycles. The SMILES string of the molecule is Cc1ncc([N+](=O)[O-])n1CC(O)CSc1nnc(-c2ccco2)n1-c1ccc(Cl)cc1. The minimum atomic E-state index is -0.876. The van der Waals surface area contributed by atoms with Crippen molar-refractivity contribution in [3.05, 3.63) is 69.8 Å². The summed E-state index contributed by atoms with van der Waals surface area (Å²) in [4.78, 5) is 14.6. The summed E-state index contributed by atoms with van der Waals surface area (Å²) in [5, 5.41) is 31.3. The molecule has 0 spiro atoms. The van der Waals surface area contributed by atoms with Gasteiger partial charge in [0.2, 0.25) is 5.82 Å². The molecule has 1 aromatic carbocycles. The van der Waals surface area contributed by atoms with E-state index >= 15 is 0 Å². The van der Waals surface area contributed by atoms with E-state index < -0.39 is 11.0 Å². The summed E-state index contributed by atoms with van der Waals surface area (Å²) in [6.07, 6.45) is 1.86. The summed E-state index contributed by atoms with van der Waals surface area (Å²) < 4.78 is 8.66. The molecule has 0 radical (unpaired) electrons. The molecule has 0 aliphatic heterocycles. The van der Waals surface area contributed by atoms with Crippen LogP contribution in [0.4, 0.5) is 5.82 Å². The van der Waals surface area contributed by atoms with Gasteiger partial charge in [0.1, 0.15) is 18.8 Å². The zero-order valence-electron chi connectivity index (χ0n) is 16.3. The zero-order chi connectivity index (χ0) is 22.0. The Hall–Kier alpha value is -3.15. The number of aliphatic hydroxyl groups is 1. The lowest BCUT2D eigenvalue weighted by Crippen LogP contribution is -2.20. The molecule has 4 rings (SSSR count).